The Morgan fingerprint density at radius 1 is 0.331 bits per heavy atom. The highest BCUT2D eigenvalue weighted by atomic mass is 16.3. The molecule has 12 aromatic carbocycles. The van der Waals surface area contributed by atoms with E-state index >= 15 is 0 Å². The zero-order valence-corrected chi connectivity index (χ0v) is 71.8. The van der Waals surface area contributed by atoms with E-state index in [1.807, 2.05) is 134 Å². The molecule has 0 radical (unpaired) electrons. The largest absolute Gasteiger partial charge is 0.455 e. The highest BCUT2D eigenvalue weighted by molar-refractivity contribution is 6.20. The first-order valence-corrected chi connectivity index (χ1v) is 43.2. The maximum atomic E-state index is 8.96. The van der Waals surface area contributed by atoms with Gasteiger partial charge in [0.1, 0.15) is 72.9 Å². The van der Waals surface area contributed by atoms with E-state index in [1.54, 1.807) is 0 Å². The molecule has 8 aromatic heterocycles. The molecule has 20 aromatic rings. The van der Waals surface area contributed by atoms with E-state index in [4.69, 9.17) is 27.3 Å². The van der Waals surface area contributed by atoms with Crippen molar-refractivity contribution in [1.82, 2.24) is 0 Å². The van der Waals surface area contributed by atoms with Crippen LogP contribution in [0.15, 0.2) is 285 Å². The fourth-order valence-corrected chi connectivity index (χ4v) is 19.1. The number of pyridine rings is 4. The summed E-state index contributed by atoms with van der Waals surface area (Å²) in [5, 5.41) is 18.3. The molecule has 0 aliphatic heterocycles. The lowest BCUT2D eigenvalue weighted by Gasteiger charge is -2.21. The van der Waals surface area contributed by atoms with Crippen LogP contribution in [0.4, 0.5) is 0 Å². The summed E-state index contributed by atoms with van der Waals surface area (Å²) in [6.07, 6.45) is 13.5. The smallest absolute Gasteiger partial charge is 0.212 e. The van der Waals surface area contributed by atoms with Crippen molar-refractivity contribution in [2.45, 2.75) is 145 Å². The molecular formula is C113H110N4O4+4. The number of nitrogens with zero attached hydrogens (tertiary/aromatic N) is 4. The van der Waals surface area contributed by atoms with E-state index in [9.17, 15) is 0 Å². The lowest BCUT2D eigenvalue weighted by atomic mass is 9.85. The number of hydrogen-bond acceptors (Lipinski definition) is 4. The Morgan fingerprint density at radius 3 is 0.992 bits per heavy atom. The molecule has 0 atom stereocenters. The van der Waals surface area contributed by atoms with Crippen LogP contribution in [0.2, 0.25) is 0 Å². The standard InChI is InChI=1S/C30H30NO.C28H26NO.C28H28NO.C27H26NO/c1-20-24(28-19-22(16-17-31(28)2)18-21-8-4-3-5-9-21)14-15-26-27-13-12-23-10-6-7-11-25(23)30(27)32-29(20)26;1-18-22(26-17-21(15-16-29(26)2)19-7-3-4-8-19)13-14-24-25-12-11-20-9-5-6-10-23(20)28(25)30-27(18)24;1-18-21(25-16-19(14-15-29(25)5)17-28(2,3)4)12-13-23-24-11-10-20-8-6-7-9-22(20)27(24)30-26(18)23;1-17(2)15-19-13-14-28(4)25(16-19)21-11-12-23-24-10-9-20-7-5-6-8-22(20)27(24)29-26(23)18(21)3/h6-7,10-17,19,21H,3-5,8-9,18H2,1-2H3;5-6,9-17,19H,3-4,7-8H2,1-2H3;6-16H,17H2,1-5H3;5-14,16-17H,15H2,1-4H3/q4*+1/i18D2;19D;17D2;15D2. The van der Waals surface area contributed by atoms with Crippen LogP contribution >= 0.6 is 0 Å². The molecule has 0 amide bonds. The van der Waals surface area contributed by atoms with Gasteiger partial charge in [0.25, 0.3) is 0 Å². The average Bonchev–Trinajstić information content (AvgIpc) is 1.57. The Morgan fingerprint density at radius 2 is 0.628 bits per heavy atom. The van der Waals surface area contributed by atoms with E-state index in [0.717, 1.165) is 234 Å². The molecular weight excluding hydrogens is 1480 g/mol. The molecule has 2 saturated carbocycles. The minimum absolute atomic E-state index is 0.0917. The average molecular weight is 1600 g/mol. The summed E-state index contributed by atoms with van der Waals surface area (Å²) in [5.74, 6) is -0.464. The van der Waals surface area contributed by atoms with Crippen molar-refractivity contribution in [3.8, 4) is 45.0 Å². The van der Waals surface area contributed by atoms with E-state index in [2.05, 4.69) is 243 Å². The Labute approximate surface area is 719 Å². The first-order valence-electron chi connectivity index (χ1n) is 46.7. The van der Waals surface area contributed by atoms with Crippen LogP contribution in [0.5, 0.6) is 0 Å². The predicted molar refractivity (Wildman–Crippen MR) is 503 cm³/mol. The minimum atomic E-state index is -1.45. The molecule has 8 heterocycles. The van der Waals surface area contributed by atoms with Crippen molar-refractivity contribution in [1.29, 1.82) is 0 Å². The van der Waals surface area contributed by atoms with Crippen molar-refractivity contribution in [2.75, 3.05) is 0 Å². The summed E-state index contributed by atoms with van der Waals surface area (Å²) >= 11 is 0. The molecule has 22 rings (SSSR count). The summed E-state index contributed by atoms with van der Waals surface area (Å²) in [6, 6.07) is 83.9. The van der Waals surface area contributed by atoms with Crippen LogP contribution < -0.4 is 18.3 Å². The fraction of sp³-hybridized carbons (Fsp3) is 0.257. The predicted octanol–water partition coefficient (Wildman–Crippen LogP) is 28.7. The number of fused-ring (bicyclic) bond motifs is 20. The number of rotatable bonds is 10. The number of hydrogen-bond donors (Lipinski definition) is 0. The van der Waals surface area contributed by atoms with Gasteiger partial charge in [-0.25, -0.2) is 18.3 Å². The first-order chi connectivity index (χ1) is 61.4. The third-order valence-corrected chi connectivity index (χ3v) is 25.4. The number of benzene rings is 12. The maximum Gasteiger partial charge on any atom is 0.212 e. The zero-order valence-electron chi connectivity index (χ0n) is 78.8. The molecule has 602 valence electrons. The molecule has 0 bridgehead atoms. The van der Waals surface area contributed by atoms with Crippen molar-refractivity contribution >= 4 is 131 Å². The molecule has 2 fully saturated rings. The van der Waals surface area contributed by atoms with Gasteiger partial charge in [-0.2, -0.15) is 0 Å². The van der Waals surface area contributed by atoms with Crippen LogP contribution in [-0.4, -0.2) is 0 Å². The number of furan rings is 4. The van der Waals surface area contributed by atoms with Crippen LogP contribution in [0.1, 0.15) is 152 Å². The molecule has 121 heavy (non-hydrogen) atoms. The van der Waals surface area contributed by atoms with Crippen LogP contribution in [0, 0.1) is 44.9 Å². The van der Waals surface area contributed by atoms with Gasteiger partial charge in [0.2, 0.25) is 22.8 Å². The van der Waals surface area contributed by atoms with E-state index < -0.39 is 30.4 Å². The van der Waals surface area contributed by atoms with Gasteiger partial charge in [-0.1, -0.05) is 201 Å². The van der Waals surface area contributed by atoms with E-state index in [0.29, 0.717) is 11.1 Å². The second kappa shape index (κ2) is 32.2. The van der Waals surface area contributed by atoms with Gasteiger partial charge in [-0.05, 0) is 199 Å². The zero-order chi connectivity index (χ0) is 89.4. The summed E-state index contributed by atoms with van der Waals surface area (Å²) in [6.45, 7) is 18.1. The van der Waals surface area contributed by atoms with Gasteiger partial charge in [0, 0.05) is 145 Å². The first kappa shape index (κ1) is 70.3. The lowest BCUT2D eigenvalue weighted by molar-refractivity contribution is -0.660. The van der Waals surface area contributed by atoms with Gasteiger partial charge in [0.15, 0.2) is 24.8 Å². The second-order valence-electron chi connectivity index (χ2n) is 35.1. The molecule has 2 aliphatic rings. The molecule has 0 N–H and O–H groups in total. The van der Waals surface area contributed by atoms with Crippen LogP contribution in [0.3, 0.4) is 0 Å². The van der Waals surface area contributed by atoms with Crippen LogP contribution in [-0.2, 0) is 47.3 Å². The van der Waals surface area contributed by atoms with Crippen molar-refractivity contribution in [3.63, 3.8) is 0 Å². The highest BCUT2D eigenvalue weighted by Crippen LogP contribution is 2.45. The third-order valence-electron chi connectivity index (χ3n) is 25.4. The van der Waals surface area contributed by atoms with Crippen molar-refractivity contribution in [2.24, 2.45) is 45.4 Å². The number of aryl methyl sites for hydroxylation is 8. The Hall–Kier alpha value is -12.5. The van der Waals surface area contributed by atoms with Gasteiger partial charge >= 0.3 is 0 Å². The molecule has 8 heteroatoms. The molecule has 0 saturated heterocycles. The molecule has 0 spiro atoms. The lowest BCUT2D eigenvalue weighted by Crippen LogP contribution is -2.31. The van der Waals surface area contributed by atoms with Crippen LogP contribution in [0.25, 0.3) is 176 Å². The van der Waals surface area contributed by atoms with Gasteiger partial charge < -0.3 is 17.7 Å². The topological polar surface area (TPSA) is 68.1 Å². The minimum Gasteiger partial charge on any atom is -0.455 e. The molecule has 2 aliphatic carbocycles. The normalized spacial score (nSPS) is 15.1. The highest BCUT2D eigenvalue weighted by Gasteiger charge is 2.28. The van der Waals surface area contributed by atoms with E-state index in [1.165, 1.54) is 33.5 Å². The summed E-state index contributed by atoms with van der Waals surface area (Å²) in [4.78, 5) is 0. The SMILES string of the molecule is [2H]C([2H])(c1cc[n+](C)c(-c2ccc3c(oc4c5ccccc5ccc34)c2C)c1)C(C)(C)C.[2H]C([2H])(c1cc[n+](C)c(-c2ccc3c(oc4c5ccccc5ccc34)c2C)c1)C(C)C.[2H]C([2H])(c1cc[n+](C)c(-c2ccc3c(oc4c5ccccc5ccc34)c2C)c1)C1CCCCC1.[2H]C1(c2cc[n+](C)c(-c3ccc4c(oc5c6ccccc6ccc45)c3C)c2)CCCC1. The van der Waals surface area contributed by atoms with Gasteiger partial charge in [-0.3, -0.25) is 0 Å². The van der Waals surface area contributed by atoms with Crippen molar-refractivity contribution in [3.05, 3.63) is 312 Å². The van der Waals surface area contributed by atoms with E-state index in [-0.39, 0.29) is 11.8 Å². The third kappa shape index (κ3) is 14.9. The molecule has 8 nitrogen and oxygen atoms in total. The number of aromatic nitrogens is 4. The second-order valence-corrected chi connectivity index (χ2v) is 35.1. The summed E-state index contributed by atoms with van der Waals surface area (Å²) < 4.78 is 95.7. The maximum absolute atomic E-state index is 8.96. The Kier molecular flexibility index (Phi) is 18.7. The fourth-order valence-electron chi connectivity index (χ4n) is 19.1. The Bertz CT molecular complexity index is 7610. The summed E-state index contributed by atoms with van der Waals surface area (Å²) in [7, 11) is 8.12. The van der Waals surface area contributed by atoms with Gasteiger partial charge in [0.05, 0.1) is 22.3 Å². The van der Waals surface area contributed by atoms with Gasteiger partial charge in [-0.15, -0.1) is 0 Å². The summed E-state index contributed by atoms with van der Waals surface area (Å²) in [5.41, 5.74) is 23.0. The van der Waals surface area contributed by atoms with Crippen molar-refractivity contribution < 1.29 is 45.5 Å². The monoisotopic (exact) mass is 1590 g/mol. The Balaban J connectivity index is 0.000000111. The quantitative estimate of drug-likeness (QED) is 0.128. The molecule has 0 unspecified atom stereocenters.